The average Bonchev–Trinajstić information content (AvgIpc) is 3.20. The molecular formula is C17H16F2N6O5S3. The van der Waals surface area contributed by atoms with Crippen LogP contribution in [0.2, 0.25) is 0 Å². The van der Waals surface area contributed by atoms with Gasteiger partial charge in [0.05, 0.1) is 6.07 Å². The highest BCUT2D eigenvalue weighted by atomic mass is 32.2. The topological polar surface area (TPSA) is 171 Å². The molecule has 1 aromatic heterocycles. The number of allylic oxidation sites excluding steroid dienone is 1. The highest BCUT2D eigenvalue weighted by Gasteiger charge is 2.57. The van der Waals surface area contributed by atoms with Gasteiger partial charge in [-0.1, -0.05) is 5.16 Å². The minimum absolute atomic E-state index is 0.0728. The molecule has 3 atom stereocenters. The van der Waals surface area contributed by atoms with Crippen LogP contribution < -0.4 is 11.1 Å². The maximum Gasteiger partial charge on any atom is 0.407 e. The fourth-order valence-corrected chi connectivity index (χ4v) is 6.20. The Kier molecular flexibility index (Phi) is 7.76. The lowest BCUT2D eigenvalue weighted by molar-refractivity contribution is -0.157. The number of thiazole rings is 1. The van der Waals surface area contributed by atoms with E-state index in [0.29, 0.717) is 0 Å². The number of nitrogens with one attached hydrogen (secondary N) is 1. The van der Waals surface area contributed by atoms with Gasteiger partial charge in [-0.25, -0.2) is 4.98 Å². The molecule has 33 heavy (non-hydrogen) atoms. The van der Waals surface area contributed by atoms with Crippen LogP contribution in [0.25, 0.3) is 0 Å². The van der Waals surface area contributed by atoms with Crippen LogP contribution in [0.4, 0.5) is 13.9 Å². The normalized spacial score (nSPS) is 24.8. The molecule has 0 aliphatic carbocycles. The number of amides is 2. The number of oxime groups is 1. The van der Waals surface area contributed by atoms with Crippen molar-refractivity contribution in [3.63, 3.8) is 0 Å². The molecule has 0 spiro atoms. The van der Waals surface area contributed by atoms with Crippen LogP contribution in [0.1, 0.15) is 5.69 Å². The number of nitrogen functional groups attached to an aromatic ring is 1. The van der Waals surface area contributed by atoms with Crippen molar-refractivity contribution in [3.8, 4) is 6.07 Å². The van der Waals surface area contributed by atoms with Gasteiger partial charge in [0.1, 0.15) is 22.5 Å². The standard InChI is InChI=1S/C17H16F2N6O5S3/c18-15(19)30-24-9(8-4-32-16(21)22-8)11(26)23-10-12(27)25-5-17(14(28)29,7-33-13(10)25)6-31-3-1-2-20/h1,3-4,10,13,15H,5-7H2,(H2,21,22)(H,23,26)(H,28,29)/t10?,13-,17?/m1/s1. The van der Waals surface area contributed by atoms with E-state index in [-0.39, 0.29) is 28.9 Å². The number of rotatable bonds is 9. The number of anilines is 1. The summed E-state index contributed by atoms with van der Waals surface area (Å²) in [7, 11) is 0. The molecule has 176 valence electrons. The maximum absolute atomic E-state index is 12.7. The summed E-state index contributed by atoms with van der Waals surface area (Å²) in [5, 5.41) is 26.2. The van der Waals surface area contributed by atoms with E-state index < -0.39 is 46.9 Å². The Morgan fingerprint density at radius 2 is 2.36 bits per heavy atom. The van der Waals surface area contributed by atoms with Gasteiger partial charge in [0.2, 0.25) is 5.91 Å². The van der Waals surface area contributed by atoms with E-state index in [1.807, 2.05) is 6.07 Å². The fourth-order valence-electron chi connectivity index (χ4n) is 3.10. The number of carboxylic acid groups (broad SMARTS) is 1. The molecule has 1 aromatic rings. The highest BCUT2D eigenvalue weighted by Crippen LogP contribution is 2.43. The summed E-state index contributed by atoms with van der Waals surface area (Å²) < 4.78 is 24.9. The summed E-state index contributed by atoms with van der Waals surface area (Å²) >= 11 is 3.29. The summed E-state index contributed by atoms with van der Waals surface area (Å²) in [5.41, 5.74) is 3.62. The van der Waals surface area contributed by atoms with Crippen molar-refractivity contribution in [2.24, 2.45) is 10.6 Å². The largest absolute Gasteiger partial charge is 0.481 e. The van der Waals surface area contributed by atoms with Crippen LogP contribution in [0.3, 0.4) is 0 Å². The molecule has 0 radical (unpaired) electrons. The number of nitrogens with two attached hydrogens (primary N) is 1. The van der Waals surface area contributed by atoms with Gasteiger partial charge < -0.3 is 25.9 Å². The maximum atomic E-state index is 12.7. The molecule has 3 rings (SSSR count). The number of carbonyl (C=O) groups excluding carboxylic acids is 2. The smallest absolute Gasteiger partial charge is 0.407 e. The quantitative estimate of drug-likeness (QED) is 0.185. The number of halogens is 2. The Morgan fingerprint density at radius 1 is 1.61 bits per heavy atom. The zero-order valence-corrected chi connectivity index (χ0v) is 19.0. The van der Waals surface area contributed by atoms with Crippen molar-refractivity contribution in [2.75, 3.05) is 23.8 Å². The van der Waals surface area contributed by atoms with Crippen molar-refractivity contribution in [1.82, 2.24) is 15.2 Å². The van der Waals surface area contributed by atoms with Crippen molar-refractivity contribution in [1.29, 1.82) is 5.26 Å². The monoisotopic (exact) mass is 518 g/mol. The molecule has 2 aliphatic heterocycles. The molecule has 2 aliphatic rings. The summed E-state index contributed by atoms with van der Waals surface area (Å²) in [5.74, 6) is -2.25. The van der Waals surface area contributed by atoms with Gasteiger partial charge in [-0.2, -0.15) is 14.0 Å². The lowest BCUT2D eigenvalue weighted by Crippen LogP contribution is -2.74. The minimum Gasteiger partial charge on any atom is -0.481 e. The molecule has 2 saturated heterocycles. The molecule has 4 N–H and O–H groups in total. The second-order valence-electron chi connectivity index (χ2n) is 6.82. The number of carbonyl (C=O) groups is 3. The molecule has 2 fully saturated rings. The Hall–Kier alpha value is -2.90. The number of β-lactam (4-membered cyclic amide) rings is 1. The first-order chi connectivity index (χ1) is 15.7. The number of nitrogens with zero attached hydrogens (tertiary/aromatic N) is 4. The number of hydrogen-bond donors (Lipinski definition) is 3. The minimum atomic E-state index is -3.27. The first-order valence-corrected chi connectivity index (χ1v) is 12.0. The van der Waals surface area contributed by atoms with E-state index in [1.165, 1.54) is 33.5 Å². The van der Waals surface area contributed by atoms with Gasteiger partial charge in [0, 0.05) is 29.5 Å². The predicted molar refractivity (Wildman–Crippen MR) is 117 cm³/mol. The number of alkyl halides is 2. The molecule has 0 saturated carbocycles. The molecular weight excluding hydrogens is 502 g/mol. The molecule has 0 aromatic carbocycles. The van der Waals surface area contributed by atoms with E-state index in [1.54, 1.807) is 0 Å². The molecule has 16 heteroatoms. The van der Waals surface area contributed by atoms with Crippen molar-refractivity contribution in [3.05, 3.63) is 22.6 Å². The second kappa shape index (κ2) is 10.4. The van der Waals surface area contributed by atoms with Gasteiger partial charge in [-0.05, 0) is 5.41 Å². The number of fused-ring (bicyclic) bond motifs is 1. The van der Waals surface area contributed by atoms with Gasteiger partial charge in [-0.15, -0.1) is 34.9 Å². The van der Waals surface area contributed by atoms with E-state index >= 15 is 0 Å². The third kappa shape index (κ3) is 5.37. The lowest BCUT2D eigenvalue weighted by Gasteiger charge is -2.53. The number of carboxylic acids is 1. The Balaban J connectivity index is 1.69. The molecule has 0 bridgehead atoms. The second-order valence-corrected chi connectivity index (χ2v) is 9.71. The zero-order chi connectivity index (χ0) is 24.2. The summed E-state index contributed by atoms with van der Waals surface area (Å²) in [4.78, 5) is 46.3. The predicted octanol–water partition coefficient (Wildman–Crippen LogP) is 0.910. The van der Waals surface area contributed by atoms with Crippen LogP contribution in [0, 0.1) is 16.7 Å². The summed E-state index contributed by atoms with van der Waals surface area (Å²) in [6, 6.07) is 0.807. The molecule has 2 amide bonds. The van der Waals surface area contributed by atoms with Crippen LogP contribution in [0.5, 0.6) is 0 Å². The Bertz CT molecular complexity index is 1040. The average molecular weight is 519 g/mol. The van der Waals surface area contributed by atoms with Gasteiger partial charge in [-0.3, -0.25) is 14.4 Å². The highest BCUT2D eigenvalue weighted by molar-refractivity contribution is 8.02. The zero-order valence-electron chi connectivity index (χ0n) is 16.5. The van der Waals surface area contributed by atoms with Crippen molar-refractivity contribution < 1.29 is 33.1 Å². The van der Waals surface area contributed by atoms with Gasteiger partial charge in [0.25, 0.3) is 5.91 Å². The van der Waals surface area contributed by atoms with E-state index in [4.69, 9.17) is 11.0 Å². The van der Waals surface area contributed by atoms with E-state index in [0.717, 1.165) is 23.1 Å². The number of aromatic nitrogens is 1. The number of nitriles is 1. The lowest BCUT2D eigenvalue weighted by atomic mass is 9.89. The Morgan fingerprint density at radius 3 is 2.97 bits per heavy atom. The number of thioether (sulfide) groups is 2. The van der Waals surface area contributed by atoms with Gasteiger partial charge >= 0.3 is 12.6 Å². The Labute approximate surface area is 198 Å². The van der Waals surface area contributed by atoms with Crippen molar-refractivity contribution in [2.45, 2.75) is 18.0 Å². The SMILES string of the molecule is N#CC=CSCC1(C(=O)O)CS[C@@H]2C(NC(=O)C(=NOC(F)F)c3csc(N)n3)C(=O)N2C1. The fraction of sp³-hybridized carbons (Fsp3) is 0.412. The van der Waals surface area contributed by atoms with Gasteiger partial charge in [0.15, 0.2) is 10.8 Å². The number of hydrogen-bond acceptors (Lipinski definition) is 11. The van der Waals surface area contributed by atoms with Crippen LogP contribution in [-0.2, 0) is 19.2 Å². The van der Waals surface area contributed by atoms with Crippen LogP contribution >= 0.6 is 34.9 Å². The molecule has 11 nitrogen and oxygen atoms in total. The molecule has 3 heterocycles. The van der Waals surface area contributed by atoms with E-state index in [9.17, 15) is 28.3 Å². The number of aliphatic carboxylic acids is 1. The molecule has 2 unspecified atom stereocenters. The third-order valence-electron chi connectivity index (χ3n) is 4.69. The van der Waals surface area contributed by atoms with Crippen molar-refractivity contribution >= 4 is 63.5 Å². The van der Waals surface area contributed by atoms with Crippen LogP contribution in [0.15, 0.2) is 22.0 Å². The van der Waals surface area contributed by atoms with E-state index in [2.05, 4.69) is 20.3 Å². The first kappa shape index (κ1) is 24.7. The third-order valence-corrected chi connectivity index (χ3v) is 8.00. The summed E-state index contributed by atoms with van der Waals surface area (Å²) in [6.45, 7) is -3.35. The first-order valence-electron chi connectivity index (χ1n) is 9.04. The summed E-state index contributed by atoms with van der Waals surface area (Å²) in [6.07, 6.45) is 1.23. The van der Waals surface area contributed by atoms with Crippen LogP contribution in [-0.4, -0.2) is 74.6 Å².